The molecule has 2 unspecified atom stereocenters. The van der Waals surface area contributed by atoms with Gasteiger partial charge >= 0.3 is 0 Å². The zero-order chi connectivity index (χ0) is 23.4. The minimum Gasteiger partial charge on any atom is -0.507 e. The van der Waals surface area contributed by atoms with E-state index in [1.54, 1.807) is 6.20 Å². The van der Waals surface area contributed by atoms with Crippen LogP contribution in [0.1, 0.15) is 84.0 Å². The Morgan fingerprint density at radius 2 is 1.66 bits per heavy atom. The van der Waals surface area contributed by atoms with Crippen LogP contribution in [0.25, 0.3) is 0 Å². The number of anilines is 1. The van der Waals surface area contributed by atoms with E-state index in [2.05, 4.69) is 58.8 Å². The Balaban J connectivity index is 0.00000512. The summed E-state index contributed by atoms with van der Waals surface area (Å²) in [5.41, 5.74) is 8.31. The van der Waals surface area contributed by atoms with Crippen LogP contribution in [-0.2, 0) is 15.6 Å². The number of nitrogens with zero attached hydrogens (tertiary/aromatic N) is 1. The maximum Gasteiger partial charge on any atom is 0.233 e. The molecule has 1 amide bonds. The average molecular weight is 462 g/mol. The number of carbonyl (C=O) groups excluding carboxylic acids is 1. The summed E-state index contributed by atoms with van der Waals surface area (Å²) < 4.78 is 0. The number of phenols is 1. The fraction of sp³-hybridized carbons (Fsp3) is 0.538. The van der Waals surface area contributed by atoms with E-state index in [1.165, 1.54) is 0 Å². The topological polar surface area (TPSA) is 88.2 Å². The number of carbonyl (C=O) groups is 1. The van der Waals surface area contributed by atoms with Gasteiger partial charge in [0.15, 0.2) is 0 Å². The molecule has 4 N–H and O–H groups in total. The minimum absolute atomic E-state index is 0. The Hall–Kier alpha value is -2.11. The van der Waals surface area contributed by atoms with Gasteiger partial charge in [-0.25, -0.2) is 0 Å². The molecule has 0 aliphatic carbocycles. The second-order valence-corrected chi connectivity index (χ2v) is 10.6. The molecule has 0 bridgehead atoms. The third-order valence-electron chi connectivity index (χ3n) is 5.65. The zero-order valence-electron chi connectivity index (χ0n) is 20.5. The molecule has 0 spiro atoms. The van der Waals surface area contributed by atoms with Gasteiger partial charge in [-0.15, -0.1) is 12.4 Å². The lowest BCUT2D eigenvalue weighted by molar-refractivity contribution is -0.118. The van der Waals surface area contributed by atoms with Crippen molar-refractivity contribution < 1.29 is 9.90 Å². The summed E-state index contributed by atoms with van der Waals surface area (Å²) in [6.45, 7) is 15.1. The first kappa shape index (κ1) is 27.9. The van der Waals surface area contributed by atoms with Gasteiger partial charge in [0.1, 0.15) is 5.75 Å². The van der Waals surface area contributed by atoms with Gasteiger partial charge in [0.05, 0.1) is 11.6 Å². The second-order valence-electron chi connectivity index (χ2n) is 10.6. The largest absolute Gasteiger partial charge is 0.507 e. The van der Waals surface area contributed by atoms with E-state index in [-0.39, 0.29) is 35.1 Å². The maximum absolute atomic E-state index is 13.4. The van der Waals surface area contributed by atoms with Gasteiger partial charge in [0.25, 0.3) is 0 Å². The number of hydrogen-bond donors (Lipinski definition) is 3. The lowest BCUT2D eigenvalue weighted by Crippen LogP contribution is -2.25. The lowest BCUT2D eigenvalue weighted by atomic mass is 9.79. The predicted octanol–water partition coefficient (Wildman–Crippen LogP) is 5.90. The summed E-state index contributed by atoms with van der Waals surface area (Å²) in [4.78, 5) is 17.9. The van der Waals surface area contributed by atoms with Crippen LogP contribution in [0.2, 0.25) is 0 Å². The Kier molecular flexibility index (Phi) is 9.73. The van der Waals surface area contributed by atoms with E-state index < -0.39 is 0 Å². The van der Waals surface area contributed by atoms with Gasteiger partial charge in [-0.2, -0.15) is 0 Å². The SMILES string of the molecule is CC(CCN)CC(C(=O)Nc1cc(C(C)(C)C)c(O)c(C(C)(C)C)c1)c1ccccn1.Cl. The molecular weight excluding hydrogens is 422 g/mol. The highest BCUT2D eigenvalue weighted by molar-refractivity contribution is 5.96. The van der Waals surface area contributed by atoms with Crippen molar-refractivity contribution in [3.05, 3.63) is 53.3 Å². The first-order chi connectivity index (χ1) is 14.3. The molecule has 2 rings (SSSR count). The quantitative estimate of drug-likeness (QED) is 0.447. The summed E-state index contributed by atoms with van der Waals surface area (Å²) >= 11 is 0. The van der Waals surface area contributed by atoms with Gasteiger partial charge < -0.3 is 16.2 Å². The van der Waals surface area contributed by atoms with E-state index in [0.29, 0.717) is 30.3 Å². The monoisotopic (exact) mass is 461 g/mol. The molecular formula is C26H40ClN3O2. The standard InChI is InChI=1S/C26H39N3O2.ClH/c1-17(11-12-27)14-19(22-10-8-9-13-28-22)24(31)29-18-15-20(25(2,3)4)23(30)21(16-18)26(5,6)7;/h8-10,13,15-17,19,30H,11-12,14,27H2,1-7H3,(H,29,31);1H. The maximum atomic E-state index is 13.4. The number of pyridine rings is 1. The second kappa shape index (κ2) is 11.2. The molecule has 0 aliphatic rings. The average Bonchev–Trinajstić information content (AvgIpc) is 2.66. The van der Waals surface area contributed by atoms with Crippen LogP contribution in [0.3, 0.4) is 0 Å². The third kappa shape index (κ3) is 7.21. The zero-order valence-corrected chi connectivity index (χ0v) is 21.3. The summed E-state index contributed by atoms with van der Waals surface area (Å²) in [6.07, 6.45) is 3.26. The highest BCUT2D eigenvalue weighted by Crippen LogP contribution is 2.41. The van der Waals surface area contributed by atoms with Crippen LogP contribution in [0.4, 0.5) is 5.69 Å². The molecule has 5 nitrogen and oxygen atoms in total. The lowest BCUT2D eigenvalue weighted by Gasteiger charge is -2.28. The van der Waals surface area contributed by atoms with Crippen molar-refractivity contribution >= 4 is 24.0 Å². The molecule has 0 aliphatic heterocycles. The summed E-state index contributed by atoms with van der Waals surface area (Å²) in [5.74, 6) is 0.148. The fourth-order valence-electron chi connectivity index (χ4n) is 3.83. The Morgan fingerprint density at radius 3 is 2.09 bits per heavy atom. The number of aromatic hydroxyl groups is 1. The van der Waals surface area contributed by atoms with E-state index in [1.807, 2.05) is 30.3 Å². The number of amides is 1. The molecule has 2 aromatic rings. The number of aromatic nitrogens is 1. The van der Waals surface area contributed by atoms with Crippen molar-refractivity contribution in [3.8, 4) is 5.75 Å². The highest BCUT2D eigenvalue weighted by Gasteiger charge is 2.29. The van der Waals surface area contributed by atoms with E-state index in [9.17, 15) is 9.90 Å². The molecule has 32 heavy (non-hydrogen) atoms. The molecule has 178 valence electrons. The summed E-state index contributed by atoms with van der Waals surface area (Å²) in [7, 11) is 0. The molecule has 1 aromatic heterocycles. The summed E-state index contributed by atoms with van der Waals surface area (Å²) in [5, 5.41) is 14.1. The number of nitrogens with one attached hydrogen (secondary N) is 1. The molecule has 0 fully saturated rings. The van der Waals surface area contributed by atoms with Crippen LogP contribution < -0.4 is 11.1 Å². The van der Waals surface area contributed by atoms with Gasteiger partial charge in [-0.05, 0) is 60.4 Å². The third-order valence-corrected chi connectivity index (χ3v) is 5.65. The fourth-order valence-corrected chi connectivity index (χ4v) is 3.83. The first-order valence-corrected chi connectivity index (χ1v) is 11.1. The molecule has 1 aromatic carbocycles. The van der Waals surface area contributed by atoms with Crippen LogP contribution >= 0.6 is 12.4 Å². The van der Waals surface area contributed by atoms with Crippen LogP contribution in [0, 0.1) is 5.92 Å². The molecule has 0 radical (unpaired) electrons. The number of hydrogen-bond acceptors (Lipinski definition) is 4. The molecule has 2 atom stereocenters. The van der Waals surface area contributed by atoms with E-state index in [0.717, 1.165) is 23.2 Å². The van der Waals surface area contributed by atoms with Crippen molar-refractivity contribution in [1.82, 2.24) is 4.98 Å². The van der Waals surface area contributed by atoms with Gasteiger partial charge in [-0.3, -0.25) is 9.78 Å². The summed E-state index contributed by atoms with van der Waals surface area (Å²) in [6, 6.07) is 9.44. The minimum atomic E-state index is -0.368. The van der Waals surface area contributed by atoms with E-state index >= 15 is 0 Å². The van der Waals surface area contributed by atoms with Crippen molar-refractivity contribution in [2.24, 2.45) is 11.7 Å². The Bertz CT molecular complexity index is 851. The molecule has 0 saturated heterocycles. The number of rotatable bonds is 7. The molecule has 6 heteroatoms. The number of halogens is 1. The van der Waals surface area contributed by atoms with Gasteiger partial charge in [-0.1, -0.05) is 54.5 Å². The first-order valence-electron chi connectivity index (χ1n) is 11.1. The Morgan fingerprint density at radius 1 is 1.09 bits per heavy atom. The Labute approximate surface area is 199 Å². The predicted molar refractivity (Wildman–Crippen MR) is 136 cm³/mol. The normalized spacial score (nSPS) is 13.8. The number of benzene rings is 1. The number of nitrogens with two attached hydrogens (primary N) is 1. The van der Waals surface area contributed by atoms with Crippen LogP contribution in [-0.4, -0.2) is 22.5 Å². The highest BCUT2D eigenvalue weighted by atomic mass is 35.5. The van der Waals surface area contributed by atoms with Crippen LogP contribution in [0.15, 0.2) is 36.5 Å². The smallest absolute Gasteiger partial charge is 0.233 e. The van der Waals surface area contributed by atoms with Crippen molar-refractivity contribution in [3.63, 3.8) is 0 Å². The van der Waals surface area contributed by atoms with Crippen molar-refractivity contribution in [2.75, 3.05) is 11.9 Å². The molecule has 1 heterocycles. The number of phenolic OH excluding ortho intramolecular Hbond substituents is 1. The van der Waals surface area contributed by atoms with Crippen molar-refractivity contribution in [1.29, 1.82) is 0 Å². The van der Waals surface area contributed by atoms with Gasteiger partial charge in [0, 0.05) is 23.0 Å². The van der Waals surface area contributed by atoms with Crippen molar-refractivity contribution in [2.45, 2.75) is 78.1 Å². The van der Waals surface area contributed by atoms with Gasteiger partial charge in [0.2, 0.25) is 5.91 Å². The van der Waals surface area contributed by atoms with E-state index in [4.69, 9.17) is 5.73 Å². The molecule has 0 saturated carbocycles. The van der Waals surface area contributed by atoms with Crippen LogP contribution in [0.5, 0.6) is 5.75 Å².